The van der Waals surface area contributed by atoms with Crippen LogP contribution < -0.4 is 5.32 Å². The van der Waals surface area contributed by atoms with Gasteiger partial charge in [-0.05, 0) is 16.6 Å². The average Bonchev–Trinajstić information content (AvgIpc) is 2.31. The molecule has 0 aromatic carbocycles. The number of alkyl halides is 2. The summed E-state index contributed by atoms with van der Waals surface area (Å²) in [5, 5.41) is 11.9. The van der Waals surface area contributed by atoms with E-state index in [0.717, 1.165) is 0 Å². The van der Waals surface area contributed by atoms with Crippen LogP contribution >= 0.6 is 0 Å². The third-order valence-corrected chi connectivity index (χ3v) is 10.3. The maximum Gasteiger partial charge on any atom is 0.250 e. The Balaban J connectivity index is 5.20. The second-order valence-electron chi connectivity index (χ2n) is 6.20. The molecule has 0 aromatic rings. The van der Waals surface area contributed by atoms with Crippen LogP contribution in [0.5, 0.6) is 0 Å². The van der Waals surface area contributed by atoms with E-state index in [4.69, 9.17) is 0 Å². The fourth-order valence-corrected chi connectivity index (χ4v) is 8.33. The van der Waals surface area contributed by atoms with E-state index in [1.807, 2.05) is 0 Å². The molecule has 0 saturated heterocycles. The minimum atomic E-state index is -2.42. The van der Waals surface area contributed by atoms with E-state index < -0.39 is 27.1 Å². The van der Waals surface area contributed by atoms with Gasteiger partial charge in [-0.3, -0.25) is 5.32 Å². The Hall–Kier alpha value is -0.443. The molecule has 2 nitrogen and oxygen atoms in total. The molecule has 0 aliphatic heterocycles. The molecule has 0 spiro atoms. The normalized spacial score (nSPS) is 14.1. The maximum absolute atomic E-state index is 12.2. The third-order valence-electron chi connectivity index (χ3n) is 4.03. The van der Waals surface area contributed by atoms with E-state index in [9.17, 15) is 13.9 Å². The van der Waals surface area contributed by atoms with Gasteiger partial charge in [0, 0.05) is 0 Å². The van der Waals surface area contributed by atoms with Crippen molar-refractivity contribution in [3.8, 4) is 11.5 Å². The van der Waals surface area contributed by atoms with E-state index in [1.54, 1.807) is 0 Å². The van der Waals surface area contributed by atoms with Gasteiger partial charge in [0.2, 0.25) is 0 Å². The smallest absolute Gasteiger partial charge is 0.250 e. The highest BCUT2D eigenvalue weighted by atomic mass is 28.3. The van der Waals surface area contributed by atoms with E-state index in [-0.39, 0.29) is 6.61 Å². The molecule has 0 heterocycles. The van der Waals surface area contributed by atoms with Crippen LogP contribution in [0, 0.1) is 11.5 Å². The molecular formula is C15H29F2NOSi. The Kier molecular flexibility index (Phi) is 8.56. The summed E-state index contributed by atoms with van der Waals surface area (Å²) in [7, 11) is -1.86. The summed E-state index contributed by atoms with van der Waals surface area (Å²) in [5.41, 5.74) is 4.90. The van der Waals surface area contributed by atoms with Crippen molar-refractivity contribution in [3.05, 3.63) is 0 Å². The van der Waals surface area contributed by atoms with Gasteiger partial charge >= 0.3 is 0 Å². The van der Waals surface area contributed by atoms with Crippen LogP contribution in [0.15, 0.2) is 0 Å². The molecule has 118 valence electrons. The summed E-state index contributed by atoms with van der Waals surface area (Å²) in [6.45, 7) is 12.5. The summed E-state index contributed by atoms with van der Waals surface area (Å²) >= 11 is 0. The van der Waals surface area contributed by atoms with Crippen molar-refractivity contribution >= 4 is 8.07 Å². The van der Waals surface area contributed by atoms with Gasteiger partial charge in [-0.15, -0.1) is 5.54 Å². The largest absolute Gasteiger partial charge is 0.394 e. The van der Waals surface area contributed by atoms with Crippen molar-refractivity contribution in [2.45, 2.75) is 70.6 Å². The Morgan fingerprint density at radius 3 is 1.75 bits per heavy atom. The highest BCUT2D eigenvalue weighted by Crippen LogP contribution is 2.40. The van der Waals surface area contributed by atoms with Crippen LogP contribution in [0.3, 0.4) is 0 Å². The molecule has 0 radical (unpaired) electrons. The van der Waals surface area contributed by atoms with Gasteiger partial charge in [-0.2, -0.15) is 0 Å². The van der Waals surface area contributed by atoms with Gasteiger partial charge in [0.25, 0.3) is 6.43 Å². The zero-order valence-corrected chi connectivity index (χ0v) is 14.5. The zero-order valence-electron chi connectivity index (χ0n) is 13.5. The number of aliphatic hydroxyl groups is 1. The van der Waals surface area contributed by atoms with Gasteiger partial charge in [0.15, 0.2) is 0 Å². The molecule has 0 aliphatic carbocycles. The number of halogens is 2. The molecule has 1 atom stereocenters. The molecule has 0 saturated carbocycles. The number of hydrogen-bond acceptors (Lipinski definition) is 2. The Morgan fingerprint density at radius 2 is 1.45 bits per heavy atom. The van der Waals surface area contributed by atoms with Crippen LogP contribution in [0.2, 0.25) is 16.6 Å². The Bertz CT molecular complexity index is 313. The molecule has 0 unspecified atom stereocenters. The number of rotatable bonds is 7. The van der Waals surface area contributed by atoms with Crippen molar-refractivity contribution in [3.63, 3.8) is 0 Å². The van der Waals surface area contributed by atoms with Crippen molar-refractivity contribution in [2.75, 3.05) is 13.2 Å². The van der Waals surface area contributed by atoms with Gasteiger partial charge in [-0.25, -0.2) is 8.78 Å². The van der Waals surface area contributed by atoms with Crippen molar-refractivity contribution in [1.29, 1.82) is 0 Å². The SMILES string of the molecule is CC(C)[Si](C#C[C@@H](CO)NCC(F)F)(C(C)C)C(C)C. The van der Waals surface area contributed by atoms with Crippen LogP contribution in [0.4, 0.5) is 8.78 Å². The minimum Gasteiger partial charge on any atom is -0.394 e. The standard InChI is InChI=1S/C15H29F2NOSi/c1-11(2)20(12(3)4,13(5)6)8-7-14(10-19)18-9-15(16)17/h11-15,18-19H,9-10H2,1-6H3/t14-/m0/s1. The second-order valence-corrected chi connectivity index (χ2v) is 11.8. The third kappa shape index (κ3) is 5.15. The summed E-state index contributed by atoms with van der Waals surface area (Å²) in [5.74, 6) is 3.03. The van der Waals surface area contributed by atoms with Gasteiger partial charge in [0.05, 0.1) is 19.2 Å². The Labute approximate surface area is 123 Å². The first-order valence-electron chi connectivity index (χ1n) is 7.33. The predicted molar refractivity (Wildman–Crippen MR) is 83.7 cm³/mol. The Morgan fingerprint density at radius 1 is 1.00 bits per heavy atom. The van der Waals surface area contributed by atoms with Crippen molar-refractivity contribution in [2.24, 2.45) is 0 Å². The lowest BCUT2D eigenvalue weighted by atomic mass is 10.3. The summed E-state index contributed by atoms with van der Waals surface area (Å²) in [6, 6.07) is -0.563. The highest BCUT2D eigenvalue weighted by molar-refractivity contribution is 6.90. The molecular weight excluding hydrogens is 276 g/mol. The van der Waals surface area contributed by atoms with Gasteiger partial charge < -0.3 is 5.11 Å². The molecule has 0 aliphatic rings. The topological polar surface area (TPSA) is 32.3 Å². The molecule has 0 aromatic heterocycles. The molecule has 0 amide bonds. The summed E-state index contributed by atoms with van der Waals surface area (Å²) < 4.78 is 24.4. The van der Waals surface area contributed by atoms with Crippen LogP contribution in [0.25, 0.3) is 0 Å². The van der Waals surface area contributed by atoms with Crippen LogP contribution in [-0.2, 0) is 0 Å². The van der Waals surface area contributed by atoms with Crippen molar-refractivity contribution in [1.82, 2.24) is 5.32 Å². The fraction of sp³-hybridized carbons (Fsp3) is 0.867. The number of hydrogen-bond donors (Lipinski definition) is 2. The van der Waals surface area contributed by atoms with E-state index in [1.165, 1.54) is 0 Å². The first kappa shape index (κ1) is 19.6. The maximum atomic E-state index is 12.2. The molecule has 0 bridgehead atoms. The first-order chi connectivity index (χ1) is 9.18. The lowest BCUT2D eigenvalue weighted by Crippen LogP contribution is -2.44. The van der Waals surface area contributed by atoms with E-state index >= 15 is 0 Å². The first-order valence-corrected chi connectivity index (χ1v) is 9.56. The van der Waals surface area contributed by atoms with Gasteiger partial charge in [-0.1, -0.05) is 47.5 Å². The monoisotopic (exact) mass is 305 g/mol. The molecule has 0 rings (SSSR count). The van der Waals surface area contributed by atoms with E-state index in [0.29, 0.717) is 16.6 Å². The fourth-order valence-electron chi connectivity index (χ4n) is 3.04. The number of aliphatic hydroxyl groups excluding tert-OH is 1. The van der Waals surface area contributed by atoms with Gasteiger partial charge in [0.1, 0.15) is 8.07 Å². The predicted octanol–water partition coefficient (Wildman–Crippen LogP) is 3.42. The molecule has 2 N–H and O–H groups in total. The second kappa shape index (κ2) is 8.76. The quantitative estimate of drug-likeness (QED) is 0.558. The van der Waals surface area contributed by atoms with Crippen molar-refractivity contribution < 1.29 is 13.9 Å². The average molecular weight is 305 g/mol. The zero-order chi connectivity index (χ0) is 15.9. The minimum absolute atomic E-state index is 0.238. The van der Waals surface area contributed by atoms with Crippen LogP contribution in [-0.4, -0.2) is 38.8 Å². The molecule has 0 fully saturated rings. The molecule has 20 heavy (non-hydrogen) atoms. The summed E-state index contributed by atoms with van der Waals surface area (Å²) in [4.78, 5) is 0. The van der Waals surface area contributed by atoms with E-state index in [2.05, 4.69) is 58.3 Å². The summed E-state index contributed by atoms with van der Waals surface area (Å²) in [6.07, 6.45) is -2.42. The molecule has 5 heteroatoms. The highest BCUT2D eigenvalue weighted by Gasteiger charge is 2.41. The lowest BCUT2D eigenvalue weighted by molar-refractivity contribution is 0.138. The lowest BCUT2D eigenvalue weighted by Gasteiger charge is -2.38. The van der Waals surface area contributed by atoms with Crippen LogP contribution in [0.1, 0.15) is 41.5 Å². The number of nitrogens with one attached hydrogen (secondary N) is 1.